The van der Waals surface area contributed by atoms with E-state index in [0.29, 0.717) is 17.5 Å². The molecule has 2 aromatic rings. The summed E-state index contributed by atoms with van der Waals surface area (Å²) in [5, 5.41) is 6.71. The molecule has 0 heterocycles. The van der Waals surface area contributed by atoms with Gasteiger partial charge in [0.1, 0.15) is 10.7 Å². The van der Waals surface area contributed by atoms with E-state index in [1.807, 2.05) is 24.3 Å². The maximum Gasteiger partial charge on any atom is 0.191 e. The van der Waals surface area contributed by atoms with Crippen molar-refractivity contribution in [1.29, 1.82) is 0 Å². The van der Waals surface area contributed by atoms with Gasteiger partial charge in [0.15, 0.2) is 15.8 Å². The van der Waals surface area contributed by atoms with Crippen molar-refractivity contribution in [3.05, 3.63) is 64.9 Å². The molecular formula is C18H21ClFN3O2S. The Hall–Kier alpha value is -2.12. The third-order valence-corrected chi connectivity index (χ3v) is 5.63. The Morgan fingerprint density at radius 3 is 2.54 bits per heavy atom. The normalized spacial score (nSPS) is 12.0. The van der Waals surface area contributed by atoms with E-state index in [0.717, 1.165) is 18.1 Å². The summed E-state index contributed by atoms with van der Waals surface area (Å²) in [6, 6.07) is 12.9. The molecule has 0 fully saturated rings. The van der Waals surface area contributed by atoms with Gasteiger partial charge in [-0.3, -0.25) is 4.99 Å². The van der Waals surface area contributed by atoms with Crippen molar-refractivity contribution < 1.29 is 12.8 Å². The maximum atomic E-state index is 13.6. The molecule has 0 aromatic heterocycles. The quantitative estimate of drug-likeness (QED) is 0.556. The van der Waals surface area contributed by atoms with Gasteiger partial charge in [0, 0.05) is 25.2 Å². The van der Waals surface area contributed by atoms with Crippen LogP contribution < -0.4 is 10.6 Å². The molecule has 140 valence electrons. The van der Waals surface area contributed by atoms with E-state index in [1.54, 1.807) is 7.05 Å². The lowest BCUT2D eigenvalue weighted by Crippen LogP contribution is -2.40. The monoisotopic (exact) mass is 397 g/mol. The van der Waals surface area contributed by atoms with Crippen molar-refractivity contribution in [1.82, 2.24) is 10.6 Å². The van der Waals surface area contributed by atoms with Crippen molar-refractivity contribution in [2.24, 2.45) is 4.99 Å². The van der Waals surface area contributed by atoms with E-state index >= 15 is 0 Å². The lowest BCUT2D eigenvalue weighted by Gasteiger charge is -2.12. The number of guanidine groups is 1. The van der Waals surface area contributed by atoms with Crippen LogP contribution in [-0.2, 0) is 16.3 Å². The summed E-state index contributed by atoms with van der Waals surface area (Å²) in [4.78, 5) is 3.76. The molecule has 0 atom stereocenters. The summed E-state index contributed by atoms with van der Waals surface area (Å²) in [5.41, 5.74) is 1.09. The Balaban J connectivity index is 1.81. The number of sulfone groups is 1. The number of rotatable bonds is 7. The van der Waals surface area contributed by atoms with Crippen molar-refractivity contribution in [3.8, 4) is 0 Å². The Morgan fingerprint density at radius 2 is 1.85 bits per heavy atom. The second-order valence-corrected chi connectivity index (χ2v) is 8.07. The van der Waals surface area contributed by atoms with Crippen LogP contribution in [0.4, 0.5) is 4.39 Å². The highest BCUT2D eigenvalue weighted by atomic mass is 35.5. The molecule has 0 saturated heterocycles. The highest BCUT2D eigenvalue weighted by molar-refractivity contribution is 7.91. The molecule has 5 nitrogen and oxygen atoms in total. The number of halogens is 2. The average Bonchev–Trinajstić information content (AvgIpc) is 2.60. The molecule has 0 aliphatic carbocycles. The first-order valence-electron chi connectivity index (χ1n) is 8.08. The van der Waals surface area contributed by atoms with E-state index in [-0.39, 0.29) is 17.2 Å². The largest absolute Gasteiger partial charge is 0.356 e. The van der Waals surface area contributed by atoms with Crippen LogP contribution in [0.1, 0.15) is 5.56 Å². The molecule has 0 spiro atoms. The molecule has 26 heavy (non-hydrogen) atoms. The first kappa shape index (κ1) is 20.2. The number of hydrogen-bond acceptors (Lipinski definition) is 3. The van der Waals surface area contributed by atoms with Crippen molar-refractivity contribution in [2.45, 2.75) is 11.3 Å². The van der Waals surface area contributed by atoms with E-state index in [9.17, 15) is 12.8 Å². The predicted octanol–water partition coefficient (Wildman–Crippen LogP) is 2.66. The van der Waals surface area contributed by atoms with Crippen LogP contribution in [0.3, 0.4) is 0 Å². The predicted molar refractivity (Wildman–Crippen MR) is 103 cm³/mol. The smallest absolute Gasteiger partial charge is 0.191 e. The van der Waals surface area contributed by atoms with Gasteiger partial charge in [-0.2, -0.15) is 0 Å². The summed E-state index contributed by atoms with van der Waals surface area (Å²) in [5.74, 6) is -0.490. The fourth-order valence-electron chi connectivity index (χ4n) is 2.35. The zero-order chi connectivity index (χ0) is 19.0. The minimum Gasteiger partial charge on any atom is -0.356 e. The second kappa shape index (κ2) is 9.54. The van der Waals surface area contributed by atoms with Gasteiger partial charge in [-0.05, 0) is 36.2 Å². The molecule has 8 heteroatoms. The average molecular weight is 398 g/mol. The molecule has 0 aliphatic heterocycles. The number of nitrogens with one attached hydrogen (secondary N) is 2. The maximum absolute atomic E-state index is 13.6. The molecule has 0 saturated carbocycles. The second-order valence-electron chi connectivity index (χ2n) is 5.55. The topological polar surface area (TPSA) is 70.6 Å². The summed E-state index contributed by atoms with van der Waals surface area (Å²) in [6.07, 6.45) is 0.745. The Kier molecular flexibility index (Phi) is 7.41. The van der Waals surface area contributed by atoms with Crippen LogP contribution in [-0.4, -0.2) is 40.3 Å². The standard InChI is InChI=1S/C18H21ClFN3O2S/c1-21-18(22-10-9-14-5-4-6-15(19)13-14)23-11-12-26(24,25)17-8-3-2-7-16(17)20/h2-8,13H,9-12H2,1H3,(H2,21,22,23). The van der Waals surface area contributed by atoms with Gasteiger partial charge in [0.25, 0.3) is 0 Å². The van der Waals surface area contributed by atoms with Gasteiger partial charge >= 0.3 is 0 Å². The van der Waals surface area contributed by atoms with Gasteiger partial charge in [0.05, 0.1) is 5.75 Å². The van der Waals surface area contributed by atoms with Crippen molar-refractivity contribution in [2.75, 3.05) is 25.9 Å². The molecule has 2 aromatic carbocycles. The first-order valence-corrected chi connectivity index (χ1v) is 10.1. The third-order valence-electron chi connectivity index (χ3n) is 3.65. The van der Waals surface area contributed by atoms with Gasteiger partial charge in [-0.15, -0.1) is 0 Å². The van der Waals surface area contributed by atoms with Crippen LogP contribution >= 0.6 is 11.6 Å². The molecule has 2 N–H and O–H groups in total. The molecule has 0 aliphatic rings. The van der Waals surface area contributed by atoms with Crippen LogP contribution in [0, 0.1) is 5.82 Å². The summed E-state index contributed by atoms with van der Waals surface area (Å²) >= 11 is 5.95. The molecule has 0 unspecified atom stereocenters. The zero-order valence-electron chi connectivity index (χ0n) is 14.4. The van der Waals surface area contributed by atoms with E-state index in [1.165, 1.54) is 18.2 Å². The van der Waals surface area contributed by atoms with Gasteiger partial charge in [-0.1, -0.05) is 35.9 Å². The Morgan fingerprint density at radius 1 is 1.12 bits per heavy atom. The van der Waals surface area contributed by atoms with Crippen LogP contribution in [0.5, 0.6) is 0 Å². The van der Waals surface area contributed by atoms with E-state index in [2.05, 4.69) is 15.6 Å². The summed E-state index contributed by atoms with van der Waals surface area (Å²) < 4.78 is 38.1. The number of hydrogen-bond donors (Lipinski definition) is 2. The fraction of sp³-hybridized carbons (Fsp3) is 0.278. The SMILES string of the molecule is CN=C(NCCc1cccc(Cl)c1)NCCS(=O)(=O)c1ccccc1F. The molecule has 0 bridgehead atoms. The van der Waals surface area contributed by atoms with Crippen LogP contribution in [0.2, 0.25) is 5.02 Å². The minimum atomic E-state index is -3.70. The Bertz CT molecular complexity index is 872. The minimum absolute atomic E-state index is 0.119. The van der Waals surface area contributed by atoms with Gasteiger partial charge in [0.2, 0.25) is 0 Å². The van der Waals surface area contributed by atoms with E-state index < -0.39 is 15.7 Å². The zero-order valence-corrected chi connectivity index (χ0v) is 15.9. The number of benzene rings is 2. The van der Waals surface area contributed by atoms with Gasteiger partial charge < -0.3 is 10.6 Å². The molecule has 0 amide bonds. The molecule has 2 rings (SSSR count). The highest BCUT2D eigenvalue weighted by Crippen LogP contribution is 2.14. The van der Waals surface area contributed by atoms with Crippen LogP contribution in [0.15, 0.2) is 58.4 Å². The van der Waals surface area contributed by atoms with E-state index in [4.69, 9.17) is 11.6 Å². The molecular weight excluding hydrogens is 377 g/mol. The first-order chi connectivity index (χ1) is 12.4. The lowest BCUT2D eigenvalue weighted by atomic mass is 10.1. The number of nitrogens with zero attached hydrogens (tertiary/aromatic N) is 1. The van der Waals surface area contributed by atoms with Gasteiger partial charge in [-0.25, -0.2) is 12.8 Å². The summed E-state index contributed by atoms with van der Waals surface area (Å²) in [7, 11) is -2.10. The van der Waals surface area contributed by atoms with Crippen LogP contribution in [0.25, 0.3) is 0 Å². The lowest BCUT2D eigenvalue weighted by molar-refractivity contribution is 0.566. The third kappa shape index (κ3) is 6.00. The van der Waals surface area contributed by atoms with Crippen molar-refractivity contribution in [3.63, 3.8) is 0 Å². The fourth-order valence-corrected chi connectivity index (χ4v) is 3.80. The Labute approximate surface area is 158 Å². The summed E-state index contributed by atoms with van der Waals surface area (Å²) in [6.45, 7) is 0.730. The van der Waals surface area contributed by atoms with Crippen molar-refractivity contribution >= 4 is 27.4 Å². The molecule has 0 radical (unpaired) electrons. The highest BCUT2D eigenvalue weighted by Gasteiger charge is 2.18. The number of aliphatic imine (C=N–C) groups is 1.